The van der Waals surface area contributed by atoms with E-state index < -0.39 is 5.01 Å². The molecule has 1 aliphatic rings. The van der Waals surface area contributed by atoms with Crippen LogP contribution in [-0.4, -0.2) is 13.1 Å². The molecule has 0 saturated heterocycles. The van der Waals surface area contributed by atoms with Gasteiger partial charge >= 0.3 is 5.97 Å². The lowest BCUT2D eigenvalue weighted by Gasteiger charge is -2.07. The number of hydrogen-bond acceptors (Lipinski definition) is 3. The number of benzene rings is 1. The maximum atomic E-state index is 11.4. The molecule has 3 nitrogen and oxygen atoms in total. The molecule has 0 aromatic heterocycles. The number of fused-ring (bicyclic) bond motifs is 1. The molecule has 0 amide bonds. The smallest absolute Gasteiger partial charge is 0.341 e. The van der Waals surface area contributed by atoms with Crippen LogP contribution in [-0.2, 0) is 4.74 Å². The number of carbonyl (C=O) groups is 1. The zero-order valence-corrected chi connectivity index (χ0v) is 10.4. The molecule has 1 aromatic rings. The highest BCUT2D eigenvalue weighted by Gasteiger charge is 2.34. The van der Waals surface area contributed by atoms with Gasteiger partial charge in [0.1, 0.15) is 5.75 Å². The van der Waals surface area contributed by atoms with E-state index >= 15 is 0 Å². The third-order valence-corrected chi connectivity index (χ3v) is 3.32. The molecule has 0 radical (unpaired) electrons. The Morgan fingerprint density at radius 3 is 2.86 bits per heavy atom. The SMILES string of the molecule is COc1ccc(Br)c2c1C(Br)OC2=O. The van der Waals surface area contributed by atoms with Gasteiger partial charge in [-0.05, 0) is 44.0 Å². The van der Waals surface area contributed by atoms with E-state index in [1.54, 1.807) is 19.2 Å². The van der Waals surface area contributed by atoms with Gasteiger partial charge in [0.05, 0.1) is 18.2 Å². The number of halogens is 2. The Labute approximate surface area is 97.6 Å². The fraction of sp³-hybridized carbons (Fsp3) is 0.222. The van der Waals surface area contributed by atoms with Crippen molar-refractivity contribution in [1.82, 2.24) is 0 Å². The highest BCUT2D eigenvalue weighted by atomic mass is 79.9. The van der Waals surface area contributed by atoms with Crippen molar-refractivity contribution >= 4 is 37.8 Å². The predicted octanol–water partition coefficient (Wildman–Crippen LogP) is 3.02. The standard InChI is InChI=1S/C9H6Br2O3/c1-13-5-3-2-4(10)6-7(5)8(11)14-9(6)12/h2-3,8H,1H3. The van der Waals surface area contributed by atoms with Crippen molar-refractivity contribution in [2.75, 3.05) is 7.11 Å². The van der Waals surface area contributed by atoms with Crippen molar-refractivity contribution in [3.8, 4) is 5.75 Å². The van der Waals surface area contributed by atoms with Gasteiger partial charge in [-0.15, -0.1) is 0 Å². The topological polar surface area (TPSA) is 35.5 Å². The molecular formula is C9H6Br2O3. The molecule has 1 aliphatic heterocycles. The summed E-state index contributed by atoms with van der Waals surface area (Å²) in [5, 5.41) is -0.419. The van der Waals surface area contributed by atoms with Gasteiger partial charge in [-0.25, -0.2) is 4.79 Å². The third kappa shape index (κ3) is 1.35. The summed E-state index contributed by atoms with van der Waals surface area (Å²) in [7, 11) is 1.56. The van der Waals surface area contributed by atoms with E-state index in [1.165, 1.54) is 0 Å². The quantitative estimate of drug-likeness (QED) is 0.589. The van der Waals surface area contributed by atoms with E-state index in [2.05, 4.69) is 31.9 Å². The van der Waals surface area contributed by atoms with E-state index in [0.29, 0.717) is 11.3 Å². The minimum absolute atomic E-state index is 0.340. The maximum Gasteiger partial charge on any atom is 0.341 e. The fourth-order valence-electron chi connectivity index (χ4n) is 1.40. The number of methoxy groups -OCH3 is 1. The second kappa shape index (κ2) is 3.55. The summed E-state index contributed by atoms with van der Waals surface area (Å²) < 4.78 is 10.9. The molecule has 1 unspecified atom stereocenters. The molecule has 1 aromatic carbocycles. The Morgan fingerprint density at radius 1 is 1.50 bits per heavy atom. The van der Waals surface area contributed by atoms with Crippen molar-refractivity contribution < 1.29 is 14.3 Å². The van der Waals surface area contributed by atoms with E-state index in [4.69, 9.17) is 9.47 Å². The van der Waals surface area contributed by atoms with Gasteiger partial charge < -0.3 is 9.47 Å². The molecular weight excluding hydrogens is 316 g/mol. The molecule has 2 rings (SSSR count). The molecule has 74 valence electrons. The molecule has 0 aliphatic carbocycles. The van der Waals surface area contributed by atoms with Gasteiger partial charge in [-0.1, -0.05) is 0 Å². The van der Waals surface area contributed by atoms with Crippen LogP contribution in [0.25, 0.3) is 0 Å². The number of alkyl halides is 1. The van der Waals surface area contributed by atoms with Crippen LogP contribution in [0.4, 0.5) is 0 Å². The highest BCUT2D eigenvalue weighted by molar-refractivity contribution is 9.10. The Bertz CT molecular complexity index is 403. The first-order chi connectivity index (χ1) is 6.65. The fourth-order valence-corrected chi connectivity index (χ4v) is 2.53. The van der Waals surface area contributed by atoms with Crippen molar-refractivity contribution in [3.05, 3.63) is 27.7 Å². The van der Waals surface area contributed by atoms with Crippen LogP contribution >= 0.6 is 31.9 Å². The lowest BCUT2D eigenvalue weighted by atomic mass is 10.1. The maximum absolute atomic E-state index is 11.4. The van der Waals surface area contributed by atoms with Crippen LogP contribution in [0.3, 0.4) is 0 Å². The van der Waals surface area contributed by atoms with Crippen LogP contribution < -0.4 is 4.74 Å². The zero-order chi connectivity index (χ0) is 10.3. The van der Waals surface area contributed by atoms with Gasteiger partial charge in [0.2, 0.25) is 0 Å². The predicted molar refractivity (Wildman–Crippen MR) is 57.8 cm³/mol. The summed E-state index contributed by atoms with van der Waals surface area (Å²) in [5.74, 6) is 0.309. The van der Waals surface area contributed by atoms with E-state index in [0.717, 1.165) is 10.0 Å². The average molecular weight is 322 g/mol. The van der Waals surface area contributed by atoms with Crippen LogP contribution in [0.2, 0.25) is 0 Å². The Kier molecular flexibility index (Phi) is 2.53. The third-order valence-electron chi connectivity index (χ3n) is 2.02. The molecule has 5 heteroatoms. The molecule has 0 bridgehead atoms. The summed E-state index contributed by atoms with van der Waals surface area (Å²) >= 11 is 6.56. The first kappa shape index (κ1) is 9.98. The second-order valence-electron chi connectivity index (χ2n) is 2.76. The van der Waals surface area contributed by atoms with Gasteiger partial charge in [0.25, 0.3) is 0 Å². The van der Waals surface area contributed by atoms with Crippen molar-refractivity contribution in [3.63, 3.8) is 0 Å². The number of rotatable bonds is 1. The minimum Gasteiger partial charge on any atom is -0.496 e. The summed E-state index contributed by atoms with van der Waals surface area (Å²) in [5.41, 5.74) is 1.28. The molecule has 0 N–H and O–H groups in total. The lowest BCUT2D eigenvalue weighted by Crippen LogP contribution is -1.96. The van der Waals surface area contributed by atoms with Gasteiger partial charge in [-0.2, -0.15) is 0 Å². The zero-order valence-electron chi connectivity index (χ0n) is 7.21. The summed E-state index contributed by atoms with van der Waals surface area (Å²) in [6.07, 6.45) is 0. The number of cyclic esters (lactones) is 1. The second-order valence-corrected chi connectivity index (χ2v) is 4.45. The molecule has 0 saturated carbocycles. The van der Waals surface area contributed by atoms with Crippen LogP contribution in [0.5, 0.6) is 5.75 Å². The van der Waals surface area contributed by atoms with E-state index in [1.807, 2.05) is 0 Å². The lowest BCUT2D eigenvalue weighted by molar-refractivity contribution is 0.0529. The van der Waals surface area contributed by atoms with Gasteiger partial charge in [-0.3, -0.25) is 0 Å². The number of esters is 1. The Morgan fingerprint density at radius 2 is 2.21 bits per heavy atom. The van der Waals surface area contributed by atoms with Crippen molar-refractivity contribution in [2.24, 2.45) is 0 Å². The number of ether oxygens (including phenoxy) is 2. The van der Waals surface area contributed by atoms with Crippen molar-refractivity contribution in [2.45, 2.75) is 5.01 Å². The van der Waals surface area contributed by atoms with Gasteiger partial charge in [0.15, 0.2) is 5.01 Å². The Hall–Kier alpha value is -0.550. The minimum atomic E-state index is -0.419. The van der Waals surface area contributed by atoms with Crippen LogP contribution in [0.1, 0.15) is 20.9 Å². The number of carbonyl (C=O) groups excluding carboxylic acids is 1. The summed E-state index contributed by atoms with van der Waals surface area (Å²) in [4.78, 5) is 11.4. The highest BCUT2D eigenvalue weighted by Crippen LogP contribution is 2.43. The molecule has 0 fully saturated rings. The molecule has 14 heavy (non-hydrogen) atoms. The normalized spacial score (nSPS) is 19.1. The molecule has 0 spiro atoms. The molecule has 1 atom stereocenters. The van der Waals surface area contributed by atoms with E-state index in [9.17, 15) is 4.79 Å². The summed E-state index contributed by atoms with van der Waals surface area (Å²) in [6, 6.07) is 3.56. The molecule has 1 heterocycles. The first-order valence-electron chi connectivity index (χ1n) is 3.86. The monoisotopic (exact) mass is 320 g/mol. The van der Waals surface area contributed by atoms with Crippen LogP contribution in [0.15, 0.2) is 16.6 Å². The largest absolute Gasteiger partial charge is 0.496 e. The van der Waals surface area contributed by atoms with Gasteiger partial charge in [0, 0.05) is 4.47 Å². The van der Waals surface area contributed by atoms with Crippen LogP contribution in [0, 0.1) is 0 Å². The first-order valence-corrected chi connectivity index (χ1v) is 5.57. The Balaban J connectivity index is 2.69. The van der Waals surface area contributed by atoms with Crippen molar-refractivity contribution in [1.29, 1.82) is 0 Å². The van der Waals surface area contributed by atoms with E-state index in [-0.39, 0.29) is 5.97 Å². The summed E-state index contributed by atoms with van der Waals surface area (Å²) in [6.45, 7) is 0. The average Bonchev–Trinajstić information content (AvgIpc) is 2.44. The number of hydrogen-bond donors (Lipinski definition) is 0.